The molecule has 18 heavy (non-hydrogen) atoms. The first-order valence-electron chi connectivity index (χ1n) is 6.50. The average Bonchev–Trinajstić information content (AvgIpc) is 2.92. The van der Waals surface area contributed by atoms with Gasteiger partial charge in [-0.1, -0.05) is 18.3 Å². The molecule has 0 unspecified atom stereocenters. The van der Waals surface area contributed by atoms with Crippen molar-refractivity contribution in [1.82, 2.24) is 15.5 Å². The Morgan fingerprint density at radius 1 is 1.39 bits per heavy atom. The van der Waals surface area contributed by atoms with Crippen molar-refractivity contribution in [2.45, 2.75) is 38.6 Å². The minimum absolute atomic E-state index is 0.759. The smallest absolute Gasteiger partial charge is 0.183 e. The number of aryl methyl sites for hydroxylation is 1. The number of nitrogens with zero attached hydrogens (tertiary/aromatic N) is 2. The maximum absolute atomic E-state index is 5.68. The van der Waals surface area contributed by atoms with E-state index in [0.717, 1.165) is 47.0 Å². The second-order valence-electron chi connectivity index (χ2n) is 4.60. The fourth-order valence-corrected chi connectivity index (χ4v) is 2.61. The van der Waals surface area contributed by atoms with Crippen LogP contribution in [0.4, 0.5) is 0 Å². The van der Waals surface area contributed by atoms with Crippen LogP contribution in [0.5, 0.6) is 0 Å². The SMILES string of the molecule is CCc1ccc(-c2nnc(CCNC3CC3)s2)o1. The van der Waals surface area contributed by atoms with Gasteiger partial charge in [0.2, 0.25) is 0 Å². The Morgan fingerprint density at radius 2 is 2.28 bits per heavy atom. The van der Waals surface area contributed by atoms with Crippen LogP contribution in [0.25, 0.3) is 10.8 Å². The van der Waals surface area contributed by atoms with Gasteiger partial charge in [0.05, 0.1) is 0 Å². The molecule has 2 heterocycles. The van der Waals surface area contributed by atoms with E-state index in [-0.39, 0.29) is 0 Å². The van der Waals surface area contributed by atoms with Gasteiger partial charge in [-0.25, -0.2) is 0 Å². The lowest BCUT2D eigenvalue weighted by atomic mass is 10.4. The Bertz CT molecular complexity index is 516. The summed E-state index contributed by atoms with van der Waals surface area (Å²) in [6.45, 7) is 3.08. The topological polar surface area (TPSA) is 51.0 Å². The van der Waals surface area contributed by atoms with Crippen molar-refractivity contribution in [1.29, 1.82) is 0 Å². The third kappa shape index (κ3) is 2.79. The molecule has 0 amide bonds. The highest BCUT2D eigenvalue weighted by atomic mass is 32.1. The summed E-state index contributed by atoms with van der Waals surface area (Å²) in [7, 11) is 0. The molecule has 0 aliphatic heterocycles. The predicted octanol–water partition coefficient (Wildman–Crippen LogP) is 2.66. The van der Waals surface area contributed by atoms with Crippen molar-refractivity contribution in [3.05, 3.63) is 22.9 Å². The summed E-state index contributed by atoms with van der Waals surface area (Å²) in [5.41, 5.74) is 0. The molecule has 0 spiro atoms. The molecular formula is C13H17N3OS. The Labute approximate surface area is 110 Å². The lowest BCUT2D eigenvalue weighted by Gasteiger charge is -1.97. The van der Waals surface area contributed by atoms with Crippen LogP contribution in [-0.2, 0) is 12.8 Å². The first kappa shape index (κ1) is 11.9. The highest BCUT2D eigenvalue weighted by molar-refractivity contribution is 7.14. The highest BCUT2D eigenvalue weighted by Crippen LogP contribution is 2.26. The summed E-state index contributed by atoms with van der Waals surface area (Å²) in [4.78, 5) is 0. The van der Waals surface area contributed by atoms with Crippen LogP contribution in [0, 0.1) is 0 Å². The number of furan rings is 1. The first-order chi connectivity index (χ1) is 8.85. The summed E-state index contributed by atoms with van der Waals surface area (Å²) in [5.74, 6) is 1.84. The normalized spacial score (nSPS) is 15.2. The summed E-state index contributed by atoms with van der Waals surface area (Å²) in [6.07, 6.45) is 4.52. The van der Waals surface area contributed by atoms with Crippen LogP contribution in [0.1, 0.15) is 30.5 Å². The van der Waals surface area contributed by atoms with E-state index >= 15 is 0 Å². The predicted molar refractivity (Wildman–Crippen MR) is 71.7 cm³/mol. The van der Waals surface area contributed by atoms with E-state index in [4.69, 9.17) is 4.42 Å². The maximum atomic E-state index is 5.68. The minimum atomic E-state index is 0.759. The van der Waals surface area contributed by atoms with E-state index in [9.17, 15) is 0 Å². The monoisotopic (exact) mass is 263 g/mol. The molecule has 0 atom stereocenters. The molecule has 1 saturated carbocycles. The number of rotatable bonds is 6. The molecule has 96 valence electrons. The number of hydrogen-bond acceptors (Lipinski definition) is 5. The molecule has 1 fully saturated rings. The van der Waals surface area contributed by atoms with Crippen molar-refractivity contribution in [2.24, 2.45) is 0 Å². The Kier molecular flexibility index (Phi) is 3.43. The summed E-state index contributed by atoms with van der Waals surface area (Å²) >= 11 is 1.63. The molecule has 1 aliphatic carbocycles. The second kappa shape index (κ2) is 5.20. The maximum Gasteiger partial charge on any atom is 0.183 e. The fourth-order valence-electron chi connectivity index (χ4n) is 1.81. The summed E-state index contributed by atoms with van der Waals surface area (Å²) in [5, 5.41) is 13.9. The summed E-state index contributed by atoms with van der Waals surface area (Å²) in [6, 6.07) is 4.74. The zero-order chi connectivity index (χ0) is 12.4. The molecule has 0 bridgehead atoms. The lowest BCUT2D eigenvalue weighted by molar-refractivity contribution is 0.528. The van der Waals surface area contributed by atoms with Crippen LogP contribution in [-0.4, -0.2) is 22.8 Å². The number of hydrogen-bond donors (Lipinski definition) is 1. The third-order valence-corrected chi connectivity index (χ3v) is 4.03. The van der Waals surface area contributed by atoms with E-state index in [1.54, 1.807) is 11.3 Å². The standard InChI is InChI=1S/C13H17N3OS/c1-2-10-5-6-11(17-10)13-16-15-12(18-13)7-8-14-9-3-4-9/h5-6,9,14H,2-4,7-8H2,1H3. The van der Waals surface area contributed by atoms with Gasteiger partial charge in [-0.05, 0) is 25.0 Å². The molecule has 2 aromatic heterocycles. The third-order valence-electron chi connectivity index (χ3n) is 3.04. The zero-order valence-corrected chi connectivity index (χ0v) is 11.3. The van der Waals surface area contributed by atoms with Gasteiger partial charge in [0.1, 0.15) is 10.8 Å². The van der Waals surface area contributed by atoms with Gasteiger partial charge in [-0.2, -0.15) is 0 Å². The first-order valence-corrected chi connectivity index (χ1v) is 7.31. The van der Waals surface area contributed by atoms with Gasteiger partial charge >= 0.3 is 0 Å². The Morgan fingerprint density at radius 3 is 3.00 bits per heavy atom. The van der Waals surface area contributed by atoms with E-state index in [2.05, 4.69) is 22.4 Å². The molecular weight excluding hydrogens is 246 g/mol. The van der Waals surface area contributed by atoms with Crippen molar-refractivity contribution in [2.75, 3.05) is 6.54 Å². The van der Waals surface area contributed by atoms with Crippen molar-refractivity contribution in [3.63, 3.8) is 0 Å². The van der Waals surface area contributed by atoms with Gasteiger partial charge in [0.25, 0.3) is 0 Å². The molecule has 0 aromatic carbocycles. The number of nitrogens with one attached hydrogen (secondary N) is 1. The summed E-state index contributed by atoms with van der Waals surface area (Å²) < 4.78 is 5.68. The highest BCUT2D eigenvalue weighted by Gasteiger charge is 2.20. The van der Waals surface area contributed by atoms with E-state index in [0.29, 0.717) is 0 Å². The molecule has 5 heteroatoms. The molecule has 1 aliphatic rings. The molecule has 0 radical (unpaired) electrons. The van der Waals surface area contributed by atoms with Crippen LogP contribution in [0.15, 0.2) is 16.5 Å². The minimum Gasteiger partial charge on any atom is -0.459 e. The van der Waals surface area contributed by atoms with Gasteiger partial charge in [0.15, 0.2) is 10.8 Å². The van der Waals surface area contributed by atoms with E-state index < -0.39 is 0 Å². The quantitative estimate of drug-likeness (QED) is 0.870. The molecule has 4 nitrogen and oxygen atoms in total. The Balaban J connectivity index is 1.60. The molecule has 3 rings (SSSR count). The van der Waals surface area contributed by atoms with Gasteiger partial charge < -0.3 is 9.73 Å². The number of aromatic nitrogens is 2. The second-order valence-corrected chi connectivity index (χ2v) is 5.66. The fraction of sp³-hybridized carbons (Fsp3) is 0.538. The van der Waals surface area contributed by atoms with Crippen molar-refractivity contribution >= 4 is 11.3 Å². The van der Waals surface area contributed by atoms with E-state index in [1.807, 2.05) is 12.1 Å². The van der Waals surface area contributed by atoms with Crippen LogP contribution < -0.4 is 5.32 Å². The average molecular weight is 263 g/mol. The van der Waals surface area contributed by atoms with E-state index in [1.165, 1.54) is 12.8 Å². The van der Waals surface area contributed by atoms with Crippen molar-refractivity contribution in [3.8, 4) is 10.8 Å². The van der Waals surface area contributed by atoms with Gasteiger partial charge in [-0.15, -0.1) is 10.2 Å². The van der Waals surface area contributed by atoms with Gasteiger partial charge in [-0.3, -0.25) is 0 Å². The van der Waals surface area contributed by atoms with Crippen LogP contribution in [0.2, 0.25) is 0 Å². The molecule has 1 N–H and O–H groups in total. The Hall–Kier alpha value is -1.20. The molecule has 0 saturated heterocycles. The van der Waals surface area contributed by atoms with Gasteiger partial charge in [0, 0.05) is 25.4 Å². The lowest BCUT2D eigenvalue weighted by Crippen LogP contribution is -2.19. The van der Waals surface area contributed by atoms with Crippen LogP contribution >= 0.6 is 11.3 Å². The van der Waals surface area contributed by atoms with Crippen LogP contribution in [0.3, 0.4) is 0 Å². The largest absolute Gasteiger partial charge is 0.459 e. The van der Waals surface area contributed by atoms with Crippen molar-refractivity contribution < 1.29 is 4.42 Å². The molecule has 2 aromatic rings. The zero-order valence-electron chi connectivity index (χ0n) is 10.5.